The summed E-state index contributed by atoms with van der Waals surface area (Å²) >= 11 is 0. The van der Waals surface area contributed by atoms with Crippen molar-refractivity contribution in [3.63, 3.8) is 0 Å². The first kappa shape index (κ1) is 7.92. The Morgan fingerprint density at radius 2 is 2.00 bits per heavy atom. The van der Waals surface area contributed by atoms with Crippen LogP contribution in [0.4, 0.5) is 0 Å². The van der Waals surface area contributed by atoms with Crippen molar-refractivity contribution < 1.29 is 5.11 Å². The van der Waals surface area contributed by atoms with E-state index in [2.05, 4.69) is 0 Å². The minimum absolute atomic E-state index is 0.243. The van der Waals surface area contributed by atoms with Crippen molar-refractivity contribution in [3.05, 3.63) is 0 Å². The van der Waals surface area contributed by atoms with Crippen molar-refractivity contribution in [2.45, 2.75) is 26.4 Å². The lowest BCUT2D eigenvalue weighted by atomic mass is 9.93. The van der Waals surface area contributed by atoms with Gasteiger partial charge in [-0.25, -0.2) is 0 Å². The molecule has 0 aromatic carbocycles. The van der Waals surface area contributed by atoms with Crippen LogP contribution in [0, 0.1) is 5.92 Å². The Hall–Kier alpha value is -0.0800. The van der Waals surface area contributed by atoms with Crippen molar-refractivity contribution in [1.29, 1.82) is 0 Å². The minimum Gasteiger partial charge on any atom is -0.389 e. The predicted molar refractivity (Wildman–Crippen MR) is 34.5 cm³/mol. The lowest BCUT2D eigenvalue weighted by Gasteiger charge is -2.25. The van der Waals surface area contributed by atoms with Crippen LogP contribution in [0.25, 0.3) is 0 Å². The Labute approximate surface area is 50.7 Å². The zero-order valence-electron chi connectivity index (χ0n) is 5.81. The number of aliphatic hydroxyl groups is 1. The fourth-order valence-corrected chi connectivity index (χ4v) is 0.236. The summed E-state index contributed by atoms with van der Waals surface area (Å²) in [6, 6.07) is 0. The summed E-state index contributed by atoms with van der Waals surface area (Å²) in [5.41, 5.74) is 4.58. The Bertz CT molecular complexity index is 68.9. The molecule has 3 N–H and O–H groups in total. The quantitative estimate of drug-likeness (QED) is 0.548. The van der Waals surface area contributed by atoms with Gasteiger partial charge in [0.2, 0.25) is 0 Å². The highest BCUT2D eigenvalue weighted by Crippen LogP contribution is 2.12. The highest BCUT2D eigenvalue weighted by atomic mass is 16.3. The molecular formula is C6H15NO. The minimum atomic E-state index is -0.681. The molecule has 0 heterocycles. The van der Waals surface area contributed by atoms with E-state index in [4.69, 9.17) is 5.73 Å². The van der Waals surface area contributed by atoms with Gasteiger partial charge in [-0.05, 0) is 12.8 Å². The fraction of sp³-hybridized carbons (Fsp3) is 1.00. The van der Waals surface area contributed by atoms with E-state index in [0.717, 1.165) is 0 Å². The van der Waals surface area contributed by atoms with Gasteiger partial charge in [0.1, 0.15) is 0 Å². The SMILES string of the molecule is CC(C)[C@](C)(O)CN. The van der Waals surface area contributed by atoms with Crippen LogP contribution in [0.2, 0.25) is 0 Å². The molecule has 0 rings (SSSR count). The smallest absolute Gasteiger partial charge is 0.0764 e. The molecule has 0 saturated carbocycles. The van der Waals surface area contributed by atoms with Gasteiger partial charge in [-0.3, -0.25) is 0 Å². The van der Waals surface area contributed by atoms with Crippen LogP contribution in [-0.2, 0) is 0 Å². The van der Waals surface area contributed by atoms with Crippen LogP contribution < -0.4 is 5.73 Å². The molecule has 0 radical (unpaired) electrons. The highest BCUT2D eigenvalue weighted by molar-refractivity contribution is 4.76. The summed E-state index contributed by atoms with van der Waals surface area (Å²) in [5.74, 6) is 0.243. The summed E-state index contributed by atoms with van der Waals surface area (Å²) in [6.45, 7) is 5.99. The molecule has 50 valence electrons. The standard InChI is InChI=1S/C6H15NO/c1-5(2)6(3,8)4-7/h5,8H,4,7H2,1-3H3/t6-/m1/s1. The molecule has 0 aromatic heterocycles. The normalized spacial score (nSPS) is 18.8. The second-order valence-electron chi connectivity index (χ2n) is 2.72. The molecule has 0 fully saturated rings. The molecule has 0 amide bonds. The first-order chi connectivity index (χ1) is 3.50. The number of hydrogen-bond acceptors (Lipinski definition) is 2. The summed E-state index contributed by atoms with van der Waals surface area (Å²) in [5, 5.41) is 9.28. The van der Waals surface area contributed by atoms with Gasteiger partial charge in [0, 0.05) is 6.54 Å². The molecule has 0 unspecified atom stereocenters. The average molecular weight is 117 g/mol. The third-order valence-electron chi connectivity index (χ3n) is 1.66. The van der Waals surface area contributed by atoms with E-state index in [1.165, 1.54) is 0 Å². The second-order valence-corrected chi connectivity index (χ2v) is 2.72. The molecule has 0 aromatic rings. The molecule has 0 saturated heterocycles. The summed E-state index contributed by atoms with van der Waals surface area (Å²) in [6.07, 6.45) is 0. The van der Waals surface area contributed by atoms with Gasteiger partial charge in [-0.15, -0.1) is 0 Å². The third kappa shape index (κ3) is 1.80. The van der Waals surface area contributed by atoms with Crippen LogP contribution in [0.3, 0.4) is 0 Å². The molecule has 0 aliphatic heterocycles. The molecule has 8 heavy (non-hydrogen) atoms. The summed E-state index contributed by atoms with van der Waals surface area (Å²) < 4.78 is 0. The van der Waals surface area contributed by atoms with Gasteiger partial charge >= 0.3 is 0 Å². The maximum atomic E-state index is 9.28. The Morgan fingerprint density at radius 3 is 2.00 bits per heavy atom. The Kier molecular flexibility index (Phi) is 2.44. The van der Waals surface area contributed by atoms with Gasteiger partial charge in [0.05, 0.1) is 5.60 Å². The van der Waals surface area contributed by atoms with Crippen LogP contribution in [0.1, 0.15) is 20.8 Å². The molecule has 0 aliphatic carbocycles. The molecule has 0 bridgehead atoms. The lowest BCUT2D eigenvalue weighted by molar-refractivity contribution is 0.0225. The van der Waals surface area contributed by atoms with E-state index < -0.39 is 5.60 Å². The van der Waals surface area contributed by atoms with E-state index in [9.17, 15) is 5.11 Å². The Balaban J connectivity index is 3.71. The van der Waals surface area contributed by atoms with Crippen molar-refractivity contribution in [3.8, 4) is 0 Å². The largest absolute Gasteiger partial charge is 0.389 e. The molecule has 2 nitrogen and oxygen atoms in total. The van der Waals surface area contributed by atoms with Crippen LogP contribution in [0.15, 0.2) is 0 Å². The zero-order valence-corrected chi connectivity index (χ0v) is 5.81. The number of nitrogens with two attached hydrogens (primary N) is 1. The highest BCUT2D eigenvalue weighted by Gasteiger charge is 2.21. The van der Waals surface area contributed by atoms with Crippen LogP contribution in [-0.4, -0.2) is 17.3 Å². The molecule has 0 aliphatic rings. The first-order valence-corrected chi connectivity index (χ1v) is 2.93. The first-order valence-electron chi connectivity index (χ1n) is 2.93. The van der Waals surface area contributed by atoms with Crippen molar-refractivity contribution in [2.24, 2.45) is 11.7 Å². The predicted octanol–water partition coefficient (Wildman–Crippen LogP) is 0.352. The van der Waals surface area contributed by atoms with E-state index in [-0.39, 0.29) is 5.92 Å². The molecular weight excluding hydrogens is 102 g/mol. The van der Waals surface area contributed by atoms with Crippen molar-refractivity contribution in [1.82, 2.24) is 0 Å². The van der Waals surface area contributed by atoms with Crippen LogP contribution in [0.5, 0.6) is 0 Å². The van der Waals surface area contributed by atoms with Gasteiger partial charge in [-0.2, -0.15) is 0 Å². The van der Waals surface area contributed by atoms with Crippen LogP contribution >= 0.6 is 0 Å². The molecule has 2 heteroatoms. The summed E-state index contributed by atoms with van der Waals surface area (Å²) in [4.78, 5) is 0. The monoisotopic (exact) mass is 117 g/mol. The topological polar surface area (TPSA) is 46.2 Å². The third-order valence-corrected chi connectivity index (χ3v) is 1.66. The van der Waals surface area contributed by atoms with Gasteiger partial charge < -0.3 is 10.8 Å². The van der Waals surface area contributed by atoms with E-state index in [1.54, 1.807) is 6.92 Å². The fourth-order valence-electron chi connectivity index (χ4n) is 0.236. The van der Waals surface area contributed by atoms with Gasteiger partial charge in [-0.1, -0.05) is 13.8 Å². The van der Waals surface area contributed by atoms with Gasteiger partial charge in [0.25, 0.3) is 0 Å². The average Bonchev–Trinajstić information content (AvgIpc) is 1.67. The molecule has 0 spiro atoms. The maximum Gasteiger partial charge on any atom is 0.0764 e. The lowest BCUT2D eigenvalue weighted by Crippen LogP contribution is -2.39. The maximum absolute atomic E-state index is 9.28. The number of rotatable bonds is 2. The number of hydrogen-bond donors (Lipinski definition) is 2. The Morgan fingerprint density at radius 1 is 1.62 bits per heavy atom. The van der Waals surface area contributed by atoms with E-state index in [0.29, 0.717) is 6.54 Å². The summed E-state index contributed by atoms with van der Waals surface area (Å²) in [7, 11) is 0. The van der Waals surface area contributed by atoms with E-state index in [1.807, 2.05) is 13.8 Å². The van der Waals surface area contributed by atoms with Crippen molar-refractivity contribution in [2.75, 3.05) is 6.54 Å². The molecule has 1 atom stereocenters. The van der Waals surface area contributed by atoms with E-state index >= 15 is 0 Å². The van der Waals surface area contributed by atoms with Gasteiger partial charge in [0.15, 0.2) is 0 Å². The zero-order chi connectivity index (χ0) is 6.78. The van der Waals surface area contributed by atoms with Crippen molar-refractivity contribution >= 4 is 0 Å². The second kappa shape index (κ2) is 2.46.